The summed E-state index contributed by atoms with van der Waals surface area (Å²) in [6, 6.07) is 18.5. The molecule has 0 bridgehead atoms. The van der Waals surface area contributed by atoms with Crippen molar-refractivity contribution >= 4 is 29.6 Å². The first kappa shape index (κ1) is 31.8. The Morgan fingerprint density at radius 3 is 2.13 bits per heavy atom. The van der Waals surface area contributed by atoms with E-state index in [1.807, 2.05) is 0 Å². The van der Waals surface area contributed by atoms with Gasteiger partial charge >= 0.3 is 12.1 Å². The van der Waals surface area contributed by atoms with Crippen LogP contribution in [0.25, 0.3) is 0 Å². The van der Waals surface area contributed by atoms with E-state index in [0.717, 1.165) is 4.90 Å². The van der Waals surface area contributed by atoms with Gasteiger partial charge in [-0.3, -0.25) is 24.6 Å². The Morgan fingerprint density at radius 1 is 0.978 bits per heavy atom. The number of hydrogen-bond donors (Lipinski definition) is 3. The van der Waals surface area contributed by atoms with Crippen LogP contribution in [-0.4, -0.2) is 50.9 Å². The molecule has 0 radical (unpaired) electrons. The Balaban J connectivity index is 1.43. The van der Waals surface area contributed by atoms with E-state index in [-0.39, 0.29) is 18.9 Å². The largest absolute Gasteiger partial charge is 0.510 e. The van der Waals surface area contributed by atoms with E-state index in [4.69, 9.17) is 15.9 Å². The van der Waals surface area contributed by atoms with Gasteiger partial charge in [0.1, 0.15) is 37.1 Å². The zero-order valence-electron chi connectivity index (χ0n) is 23.9. The number of carbonyl (C=O) groups excluding carboxylic acids is 4. The number of allylic oxidation sites excluding steroid dienone is 1. The number of rotatable bonds is 11. The number of ether oxygens (including phenoxy) is 2. The van der Waals surface area contributed by atoms with Gasteiger partial charge in [0.25, 0.3) is 11.6 Å². The fraction of sp³-hybridized carbons (Fsp3) is 0.188. The molecule has 3 N–H and O–H groups in total. The normalized spacial score (nSPS) is 16.6. The lowest BCUT2D eigenvalue weighted by Crippen LogP contribution is -2.71. The third-order valence-corrected chi connectivity index (χ3v) is 6.73. The molecule has 0 spiro atoms. The molecule has 0 aromatic heterocycles. The minimum atomic E-state index is -1.32. The molecule has 3 atom stereocenters. The molecule has 0 saturated carbocycles. The molecule has 13 nitrogen and oxygen atoms in total. The zero-order valence-corrected chi connectivity index (χ0v) is 23.9. The van der Waals surface area contributed by atoms with Crippen LogP contribution >= 0.6 is 0 Å². The molecule has 1 heterocycles. The quantitative estimate of drug-likeness (QED) is 0.0557. The van der Waals surface area contributed by atoms with Crippen LogP contribution in [0.4, 0.5) is 10.5 Å². The summed E-state index contributed by atoms with van der Waals surface area (Å²) >= 11 is 0. The Kier molecular flexibility index (Phi) is 10.1. The van der Waals surface area contributed by atoms with Gasteiger partial charge in [0.2, 0.25) is 5.91 Å². The number of amides is 3. The van der Waals surface area contributed by atoms with E-state index in [0.29, 0.717) is 16.7 Å². The number of benzene rings is 3. The van der Waals surface area contributed by atoms with Gasteiger partial charge in [0, 0.05) is 12.1 Å². The predicted molar refractivity (Wildman–Crippen MR) is 159 cm³/mol. The topological polar surface area (TPSA) is 177 Å². The minimum absolute atomic E-state index is 0.121. The second-order valence-electron chi connectivity index (χ2n) is 9.79. The predicted octanol–water partition coefficient (Wildman–Crippen LogP) is 3.42. The van der Waals surface area contributed by atoms with Crippen molar-refractivity contribution in [1.82, 2.24) is 15.5 Å². The zero-order chi connectivity index (χ0) is 32.5. The monoisotopic (exact) mass is 612 g/mol. The Labute approximate surface area is 257 Å². The van der Waals surface area contributed by atoms with Gasteiger partial charge in [-0.1, -0.05) is 66.6 Å². The standard InChI is InChI=1S/C32H28N4O9/c1-3-25-27(30(39)35(25)28(20(2)37)31(40)44-18-21-10-6-4-7-11-21)33-29(38)26(23-12-8-5-9-13-23)34-32(41)45-19-22-14-16-24(17-15-22)36(42)43/h1,4-17,25-27,37H,18-19H2,2H3,(H,33,38)(H,34,41)/t25?,26-,27?/m1/s1. The summed E-state index contributed by atoms with van der Waals surface area (Å²) in [5, 5.41) is 26.1. The summed E-state index contributed by atoms with van der Waals surface area (Å²) in [6.45, 7) is 0.839. The Hall–Kier alpha value is -6.16. The molecule has 3 amide bonds. The molecule has 1 aliphatic heterocycles. The van der Waals surface area contributed by atoms with Gasteiger partial charge < -0.3 is 25.2 Å². The van der Waals surface area contributed by atoms with Gasteiger partial charge in [0.05, 0.1) is 4.92 Å². The van der Waals surface area contributed by atoms with Crippen molar-refractivity contribution in [2.45, 2.75) is 38.3 Å². The highest BCUT2D eigenvalue weighted by Crippen LogP contribution is 2.28. The molecule has 13 heteroatoms. The van der Waals surface area contributed by atoms with Crippen molar-refractivity contribution in [2.75, 3.05) is 0 Å². The number of carbonyl (C=O) groups is 4. The van der Waals surface area contributed by atoms with Crippen molar-refractivity contribution in [3.63, 3.8) is 0 Å². The summed E-state index contributed by atoms with van der Waals surface area (Å²) in [6.07, 6.45) is 4.69. The van der Waals surface area contributed by atoms with Crippen LogP contribution in [0, 0.1) is 22.5 Å². The van der Waals surface area contributed by atoms with Crippen LogP contribution in [0.15, 0.2) is 96.4 Å². The van der Waals surface area contributed by atoms with Crippen molar-refractivity contribution < 1.29 is 38.7 Å². The number of terminal acetylenes is 1. The molecule has 230 valence electrons. The number of non-ortho nitro benzene ring substituents is 1. The average Bonchev–Trinajstić information content (AvgIpc) is 3.05. The van der Waals surface area contributed by atoms with Gasteiger partial charge in [-0.05, 0) is 35.7 Å². The van der Waals surface area contributed by atoms with E-state index < -0.39 is 58.4 Å². The highest BCUT2D eigenvalue weighted by molar-refractivity contribution is 6.03. The molecule has 45 heavy (non-hydrogen) atoms. The number of β-lactam (4-membered cyclic amide) rings is 1. The molecule has 1 fully saturated rings. The van der Waals surface area contributed by atoms with Crippen LogP contribution in [0.2, 0.25) is 0 Å². The van der Waals surface area contributed by atoms with Crippen LogP contribution in [0.1, 0.15) is 29.7 Å². The Bertz CT molecular complexity index is 1650. The minimum Gasteiger partial charge on any atom is -0.510 e. The van der Waals surface area contributed by atoms with Crippen LogP contribution in [0.5, 0.6) is 0 Å². The summed E-state index contributed by atoms with van der Waals surface area (Å²) in [5.41, 5.74) is 0.925. The average molecular weight is 613 g/mol. The maximum absolute atomic E-state index is 13.4. The number of esters is 1. The molecular formula is C32H28N4O9. The van der Waals surface area contributed by atoms with Gasteiger partial charge in [-0.25, -0.2) is 9.59 Å². The van der Waals surface area contributed by atoms with Crippen LogP contribution in [0.3, 0.4) is 0 Å². The maximum Gasteiger partial charge on any atom is 0.408 e. The van der Waals surface area contributed by atoms with E-state index in [9.17, 15) is 34.4 Å². The van der Waals surface area contributed by atoms with Crippen molar-refractivity contribution in [1.29, 1.82) is 0 Å². The smallest absolute Gasteiger partial charge is 0.408 e. The number of hydrogen-bond acceptors (Lipinski definition) is 9. The number of nitro groups is 1. The molecule has 3 aromatic rings. The summed E-state index contributed by atoms with van der Waals surface area (Å²) in [4.78, 5) is 63.3. The molecule has 2 unspecified atom stereocenters. The van der Waals surface area contributed by atoms with E-state index >= 15 is 0 Å². The fourth-order valence-corrected chi connectivity index (χ4v) is 4.47. The number of alkyl carbamates (subject to hydrolysis) is 1. The van der Waals surface area contributed by atoms with E-state index in [2.05, 4.69) is 16.6 Å². The van der Waals surface area contributed by atoms with E-state index in [1.54, 1.807) is 60.7 Å². The van der Waals surface area contributed by atoms with Crippen LogP contribution in [-0.2, 0) is 37.1 Å². The van der Waals surface area contributed by atoms with Gasteiger partial charge in [-0.15, -0.1) is 6.42 Å². The fourth-order valence-electron chi connectivity index (χ4n) is 4.47. The lowest BCUT2D eigenvalue weighted by Gasteiger charge is -2.44. The first-order valence-electron chi connectivity index (χ1n) is 13.5. The Morgan fingerprint density at radius 2 is 1.56 bits per heavy atom. The number of aliphatic hydroxyl groups excluding tert-OH is 1. The summed E-state index contributed by atoms with van der Waals surface area (Å²) in [7, 11) is 0. The van der Waals surface area contributed by atoms with Crippen molar-refractivity contribution in [3.8, 4) is 12.3 Å². The molecule has 0 aliphatic carbocycles. The first-order chi connectivity index (χ1) is 21.6. The molecular weight excluding hydrogens is 584 g/mol. The maximum atomic E-state index is 13.4. The lowest BCUT2D eigenvalue weighted by atomic mass is 9.93. The highest BCUT2D eigenvalue weighted by Gasteiger charge is 2.52. The summed E-state index contributed by atoms with van der Waals surface area (Å²) in [5.74, 6) is -0.724. The van der Waals surface area contributed by atoms with Crippen molar-refractivity contribution in [3.05, 3.63) is 123 Å². The number of aliphatic hydroxyl groups is 1. The number of nitrogens with zero attached hydrogens (tertiary/aromatic N) is 2. The van der Waals surface area contributed by atoms with E-state index in [1.165, 1.54) is 31.2 Å². The highest BCUT2D eigenvalue weighted by atomic mass is 16.6. The van der Waals surface area contributed by atoms with Crippen LogP contribution < -0.4 is 10.6 Å². The third-order valence-electron chi connectivity index (χ3n) is 6.73. The number of nitro benzene ring substituents is 1. The summed E-state index contributed by atoms with van der Waals surface area (Å²) < 4.78 is 10.5. The SMILES string of the molecule is C#CC1C(NC(=O)[C@H](NC(=O)OCc2ccc([N+](=O)[O-])cc2)c2ccccc2)C(=O)N1C(C(=O)OCc1ccccc1)=C(C)O. The molecule has 3 aromatic carbocycles. The number of nitrogens with one attached hydrogen (secondary N) is 2. The number of likely N-dealkylation sites (tertiary alicyclic amines) is 1. The second-order valence-corrected chi connectivity index (χ2v) is 9.79. The van der Waals surface area contributed by atoms with Gasteiger partial charge in [-0.2, -0.15) is 0 Å². The van der Waals surface area contributed by atoms with Crippen molar-refractivity contribution in [2.24, 2.45) is 0 Å². The second kappa shape index (κ2) is 14.3. The molecule has 4 rings (SSSR count). The third kappa shape index (κ3) is 7.63. The first-order valence-corrected chi connectivity index (χ1v) is 13.5. The lowest BCUT2D eigenvalue weighted by molar-refractivity contribution is -0.384. The van der Waals surface area contributed by atoms with Gasteiger partial charge in [0.15, 0.2) is 5.70 Å². The molecule has 1 saturated heterocycles. The molecule has 1 aliphatic rings.